The van der Waals surface area contributed by atoms with Gasteiger partial charge in [0.1, 0.15) is 10.6 Å². The molecule has 2 amide bonds. The maximum atomic E-state index is 12.6. The zero-order valence-corrected chi connectivity index (χ0v) is 18.2. The van der Waals surface area contributed by atoms with Gasteiger partial charge in [-0.25, -0.2) is 8.42 Å². The van der Waals surface area contributed by atoms with Gasteiger partial charge in [-0.1, -0.05) is 0 Å². The first-order valence-electron chi connectivity index (χ1n) is 9.86. The van der Waals surface area contributed by atoms with Crippen molar-refractivity contribution in [3.63, 3.8) is 0 Å². The number of ether oxygens (including phenoxy) is 2. The van der Waals surface area contributed by atoms with Crippen LogP contribution in [0.2, 0.25) is 0 Å². The average Bonchev–Trinajstić information content (AvgIpc) is 2.83. The van der Waals surface area contributed by atoms with Crippen LogP contribution >= 0.6 is 0 Å². The van der Waals surface area contributed by atoms with E-state index in [1.54, 1.807) is 18.2 Å². The molecule has 0 saturated carbocycles. The summed E-state index contributed by atoms with van der Waals surface area (Å²) in [7, 11) is -2.18. The monoisotopic (exact) mass is 461 g/mol. The predicted octanol–water partition coefficient (Wildman–Crippen LogP) is 0.991. The Balaban J connectivity index is 1.44. The van der Waals surface area contributed by atoms with E-state index < -0.39 is 40.3 Å². The minimum Gasteiger partial charge on any atom is -0.497 e. The number of methoxy groups -OCH3 is 1. The molecule has 1 N–H and O–H groups in total. The van der Waals surface area contributed by atoms with Crippen LogP contribution < -0.4 is 10.1 Å². The third kappa shape index (κ3) is 5.68. The second-order valence-corrected chi connectivity index (χ2v) is 9.02. The normalized spacial score (nSPS) is 15.0. The molecule has 170 valence electrons. The Bertz CT molecular complexity index is 1060. The van der Waals surface area contributed by atoms with Crippen LogP contribution in [-0.4, -0.2) is 62.3 Å². The first kappa shape index (κ1) is 23.4. The van der Waals surface area contributed by atoms with Gasteiger partial charge < -0.3 is 9.47 Å². The van der Waals surface area contributed by atoms with Crippen molar-refractivity contribution < 1.29 is 32.3 Å². The van der Waals surface area contributed by atoms with E-state index >= 15 is 0 Å². The summed E-state index contributed by atoms with van der Waals surface area (Å²) in [6.07, 6.45) is 3.30. The van der Waals surface area contributed by atoms with E-state index in [0.29, 0.717) is 5.75 Å². The maximum absolute atomic E-state index is 12.6. The van der Waals surface area contributed by atoms with Gasteiger partial charge >= 0.3 is 5.97 Å². The number of carbonyl (C=O) groups is 3. The van der Waals surface area contributed by atoms with Crippen molar-refractivity contribution in [1.29, 1.82) is 0 Å². The van der Waals surface area contributed by atoms with E-state index in [1.165, 1.54) is 42.0 Å². The third-order valence-corrected chi connectivity index (χ3v) is 6.89. The zero-order valence-electron chi connectivity index (χ0n) is 17.4. The number of rotatable bonds is 7. The summed E-state index contributed by atoms with van der Waals surface area (Å²) in [5.41, 5.74) is 0.257. The number of amides is 2. The van der Waals surface area contributed by atoms with Crippen LogP contribution in [0, 0.1) is 5.92 Å². The van der Waals surface area contributed by atoms with Crippen molar-refractivity contribution in [2.75, 3.05) is 26.8 Å². The molecule has 1 aliphatic heterocycles. The number of hydrogen-bond acceptors (Lipinski definition) is 8. The second-order valence-electron chi connectivity index (χ2n) is 7.08. The highest BCUT2D eigenvalue weighted by atomic mass is 32.2. The van der Waals surface area contributed by atoms with Crippen LogP contribution in [0.15, 0.2) is 53.7 Å². The molecular weight excluding hydrogens is 438 g/mol. The lowest BCUT2D eigenvalue weighted by Gasteiger charge is -2.29. The molecule has 1 fully saturated rings. The minimum absolute atomic E-state index is 0.0965. The van der Waals surface area contributed by atoms with Crippen LogP contribution in [0.5, 0.6) is 5.75 Å². The zero-order chi connectivity index (χ0) is 23.1. The molecule has 0 aliphatic carbocycles. The molecule has 0 radical (unpaired) electrons. The molecule has 0 atom stereocenters. The second kappa shape index (κ2) is 10.3. The standard InChI is InChI=1S/C21H23N3O7S/c1-30-17-6-4-15(5-7-17)20(26)23-19(25)14-31-21(27)16-8-11-24(12-9-16)32(28,29)18-3-2-10-22-13-18/h2-7,10,13,16H,8-9,11-12,14H2,1H3,(H,23,25,26). The summed E-state index contributed by atoms with van der Waals surface area (Å²) in [4.78, 5) is 40.2. The van der Waals surface area contributed by atoms with E-state index in [-0.39, 0.29) is 36.4 Å². The van der Waals surface area contributed by atoms with Gasteiger partial charge in [-0.15, -0.1) is 0 Å². The summed E-state index contributed by atoms with van der Waals surface area (Å²) in [5.74, 6) is -1.93. The summed E-state index contributed by atoms with van der Waals surface area (Å²) in [6.45, 7) is -0.298. The number of benzene rings is 1. The molecule has 10 nitrogen and oxygen atoms in total. The van der Waals surface area contributed by atoms with Crippen LogP contribution in [0.3, 0.4) is 0 Å². The van der Waals surface area contributed by atoms with Gasteiger partial charge in [0.2, 0.25) is 10.0 Å². The quantitative estimate of drug-likeness (QED) is 0.604. The van der Waals surface area contributed by atoms with Gasteiger partial charge in [-0.3, -0.25) is 24.7 Å². The number of hydrogen-bond donors (Lipinski definition) is 1. The molecule has 3 rings (SSSR count). The lowest BCUT2D eigenvalue weighted by Crippen LogP contribution is -2.41. The third-order valence-electron chi connectivity index (χ3n) is 5.01. The number of nitrogens with zero attached hydrogens (tertiary/aromatic N) is 2. The van der Waals surface area contributed by atoms with E-state index in [9.17, 15) is 22.8 Å². The molecule has 1 aromatic carbocycles. The topological polar surface area (TPSA) is 132 Å². The summed E-state index contributed by atoms with van der Waals surface area (Å²) < 4.78 is 36.5. The summed E-state index contributed by atoms with van der Waals surface area (Å²) in [5, 5.41) is 2.15. The Morgan fingerprint density at radius 3 is 2.41 bits per heavy atom. The summed E-state index contributed by atoms with van der Waals surface area (Å²) >= 11 is 0. The largest absolute Gasteiger partial charge is 0.497 e. The number of carbonyl (C=O) groups excluding carboxylic acids is 3. The van der Waals surface area contributed by atoms with Crippen LogP contribution in [0.1, 0.15) is 23.2 Å². The molecule has 32 heavy (non-hydrogen) atoms. The number of nitrogens with one attached hydrogen (secondary N) is 1. The Hall–Kier alpha value is -3.31. The van der Waals surface area contributed by atoms with Crippen molar-refractivity contribution in [3.8, 4) is 5.75 Å². The summed E-state index contributed by atoms with van der Waals surface area (Å²) in [6, 6.07) is 9.18. The highest BCUT2D eigenvalue weighted by Crippen LogP contribution is 2.24. The molecule has 2 heterocycles. The molecule has 2 aromatic rings. The minimum atomic E-state index is -3.67. The Labute approximate surface area is 185 Å². The van der Waals surface area contributed by atoms with Crippen molar-refractivity contribution in [2.24, 2.45) is 5.92 Å². The van der Waals surface area contributed by atoms with Gasteiger partial charge in [0, 0.05) is 31.0 Å². The van der Waals surface area contributed by atoms with Gasteiger partial charge in [-0.2, -0.15) is 4.31 Å². The molecule has 0 spiro atoms. The molecule has 0 bridgehead atoms. The van der Waals surface area contributed by atoms with Gasteiger partial charge in [-0.05, 0) is 49.2 Å². The van der Waals surface area contributed by atoms with Crippen molar-refractivity contribution in [2.45, 2.75) is 17.7 Å². The Morgan fingerprint density at radius 1 is 1.12 bits per heavy atom. The van der Waals surface area contributed by atoms with Crippen molar-refractivity contribution in [1.82, 2.24) is 14.6 Å². The SMILES string of the molecule is COc1ccc(C(=O)NC(=O)COC(=O)C2CCN(S(=O)(=O)c3cccnc3)CC2)cc1. The smallest absolute Gasteiger partial charge is 0.309 e. The van der Waals surface area contributed by atoms with Gasteiger partial charge in [0.25, 0.3) is 11.8 Å². The Kier molecular flexibility index (Phi) is 7.54. The van der Waals surface area contributed by atoms with E-state index in [2.05, 4.69) is 10.3 Å². The number of pyridine rings is 1. The molecular formula is C21H23N3O7S. The van der Waals surface area contributed by atoms with Gasteiger partial charge in [0.05, 0.1) is 13.0 Å². The lowest BCUT2D eigenvalue weighted by molar-refractivity contribution is -0.153. The molecule has 11 heteroatoms. The maximum Gasteiger partial charge on any atom is 0.309 e. The van der Waals surface area contributed by atoms with Crippen molar-refractivity contribution >= 4 is 27.8 Å². The number of aromatic nitrogens is 1. The van der Waals surface area contributed by atoms with Crippen LogP contribution in [0.4, 0.5) is 0 Å². The predicted molar refractivity (Wildman–Crippen MR) is 112 cm³/mol. The molecule has 1 saturated heterocycles. The van der Waals surface area contributed by atoms with Crippen LogP contribution in [0.25, 0.3) is 0 Å². The fraction of sp³-hybridized carbons (Fsp3) is 0.333. The molecule has 1 aliphatic rings. The number of sulfonamides is 1. The first-order chi connectivity index (χ1) is 15.3. The van der Waals surface area contributed by atoms with E-state index in [1.807, 2.05) is 0 Å². The van der Waals surface area contributed by atoms with Crippen molar-refractivity contribution in [3.05, 3.63) is 54.4 Å². The fourth-order valence-electron chi connectivity index (χ4n) is 3.21. The fourth-order valence-corrected chi connectivity index (χ4v) is 4.65. The molecule has 1 aromatic heterocycles. The number of esters is 1. The number of piperidine rings is 1. The van der Waals surface area contributed by atoms with Crippen LogP contribution in [-0.2, 0) is 24.3 Å². The molecule has 0 unspecified atom stereocenters. The average molecular weight is 461 g/mol. The first-order valence-corrected chi connectivity index (χ1v) is 11.3. The lowest BCUT2D eigenvalue weighted by atomic mass is 9.98. The number of imide groups is 1. The van der Waals surface area contributed by atoms with Gasteiger partial charge in [0.15, 0.2) is 6.61 Å². The van der Waals surface area contributed by atoms with E-state index in [4.69, 9.17) is 9.47 Å². The van der Waals surface area contributed by atoms with E-state index in [0.717, 1.165) is 0 Å². The highest BCUT2D eigenvalue weighted by Gasteiger charge is 2.33. The Morgan fingerprint density at radius 2 is 1.81 bits per heavy atom. The highest BCUT2D eigenvalue weighted by molar-refractivity contribution is 7.89.